The molecule has 109 heavy (non-hydrogen) atoms. The summed E-state index contributed by atoms with van der Waals surface area (Å²) in [7, 11) is -9.82. The fourth-order valence-electron chi connectivity index (χ4n) is 10.8. The number of carbonyl (C=O) groups is 3. The van der Waals surface area contributed by atoms with E-state index in [-0.39, 0.29) is 19.3 Å². The average Bonchev–Trinajstić information content (AvgIpc) is 0.902. The SMILES string of the molecule is CC/C=C\C/C=C\C/C=C\C/C=C\C/C=C\C/C=C\CCCCCCCCCCCCCCC(=O)OCC(O)COP(=O)(O)OCC(O)COP(=O)(O)OCC(COC(=O)CCCCCCCCC/C=C\C/C=C\C/C=C\C/C=C\C/C=C\CC)OC(=O)CCCCCCCC/C=C\C/C=C\C/C=C\C/C=C\CC. The zero-order chi connectivity index (χ0) is 79.4. The van der Waals surface area contributed by atoms with Crippen molar-refractivity contribution in [3.8, 4) is 0 Å². The van der Waals surface area contributed by atoms with E-state index in [1.54, 1.807) is 0 Å². The van der Waals surface area contributed by atoms with Crippen molar-refractivity contribution >= 4 is 33.6 Å². The van der Waals surface area contributed by atoms with E-state index in [1.807, 2.05) is 0 Å². The van der Waals surface area contributed by atoms with Crippen molar-refractivity contribution in [1.82, 2.24) is 0 Å². The molecule has 0 radical (unpaired) electrons. The second-order valence-corrected chi connectivity index (χ2v) is 30.4. The number of rotatable bonds is 78. The fourth-order valence-corrected chi connectivity index (χ4v) is 12.4. The van der Waals surface area contributed by atoms with Crippen molar-refractivity contribution in [1.29, 1.82) is 0 Å². The number of hydrogen-bond acceptors (Lipinski definition) is 14. The number of unbranched alkanes of at least 4 members (excludes halogenated alkanes) is 25. The first-order valence-corrected chi connectivity index (χ1v) is 45.1. The van der Waals surface area contributed by atoms with Crippen LogP contribution in [0.25, 0.3) is 0 Å². The molecular formula is C91H150O16P2. The number of phosphoric acid groups is 2. The molecule has 0 aromatic heterocycles. The van der Waals surface area contributed by atoms with Gasteiger partial charge in [0.1, 0.15) is 25.4 Å². The van der Waals surface area contributed by atoms with Gasteiger partial charge in [0, 0.05) is 19.3 Å². The molecule has 0 aliphatic carbocycles. The van der Waals surface area contributed by atoms with Gasteiger partial charge in [-0.15, -0.1) is 0 Å². The van der Waals surface area contributed by atoms with Crippen LogP contribution in [0.5, 0.6) is 0 Å². The van der Waals surface area contributed by atoms with E-state index in [4.69, 9.17) is 32.3 Å². The van der Waals surface area contributed by atoms with Crippen LogP contribution in [0.2, 0.25) is 0 Å². The van der Waals surface area contributed by atoms with E-state index in [1.165, 1.54) is 51.4 Å². The zero-order valence-electron chi connectivity index (χ0n) is 67.9. The van der Waals surface area contributed by atoms with Gasteiger partial charge in [0.15, 0.2) is 6.10 Å². The third-order valence-corrected chi connectivity index (χ3v) is 19.0. The van der Waals surface area contributed by atoms with Gasteiger partial charge < -0.3 is 34.2 Å². The van der Waals surface area contributed by atoms with Gasteiger partial charge in [0.25, 0.3) is 0 Å². The number of aliphatic hydroxyl groups is 2. The van der Waals surface area contributed by atoms with Crippen LogP contribution < -0.4 is 0 Å². The third-order valence-electron chi connectivity index (χ3n) is 17.1. The molecule has 16 nitrogen and oxygen atoms in total. The van der Waals surface area contributed by atoms with Crippen molar-refractivity contribution in [3.05, 3.63) is 182 Å². The smallest absolute Gasteiger partial charge is 0.463 e. The van der Waals surface area contributed by atoms with Crippen LogP contribution in [-0.2, 0) is 55.8 Å². The van der Waals surface area contributed by atoms with Crippen molar-refractivity contribution in [2.45, 2.75) is 334 Å². The number of allylic oxidation sites excluding steroid dienone is 30. The van der Waals surface area contributed by atoms with Crippen molar-refractivity contribution < 1.29 is 75.8 Å². The zero-order valence-corrected chi connectivity index (χ0v) is 69.7. The van der Waals surface area contributed by atoms with E-state index in [9.17, 15) is 43.5 Å². The Morgan fingerprint density at radius 1 is 0.257 bits per heavy atom. The molecule has 0 bridgehead atoms. The highest BCUT2D eigenvalue weighted by Gasteiger charge is 2.29. The summed E-state index contributed by atoms with van der Waals surface area (Å²) in [5.74, 6) is -1.61. The summed E-state index contributed by atoms with van der Waals surface area (Å²) in [6.07, 6.45) is 106. The maximum atomic E-state index is 13.0. The molecule has 4 N–H and O–H groups in total. The molecule has 0 fully saturated rings. The molecule has 620 valence electrons. The van der Waals surface area contributed by atoms with Gasteiger partial charge >= 0.3 is 33.6 Å². The van der Waals surface area contributed by atoms with Gasteiger partial charge in [-0.05, 0) is 154 Å². The Labute approximate surface area is 662 Å². The van der Waals surface area contributed by atoms with Gasteiger partial charge in [-0.2, -0.15) is 0 Å². The molecule has 0 aromatic carbocycles. The predicted octanol–water partition coefficient (Wildman–Crippen LogP) is 25.3. The monoisotopic (exact) mass is 1560 g/mol. The van der Waals surface area contributed by atoms with Crippen LogP contribution in [-0.4, -0.2) is 95.9 Å². The van der Waals surface area contributed by atoms with Gasteiger partial charge in [0.05, 0.1) is 26.4 Å². The Balaban J connectivity index is 4.60. The Morgan fingerprint density at radius 3 is 0.725 bits per heavy atom. The van der Waals surface area contributed by atoms with Crippen molar-refractivity contribution in [3.63, 3.8) is 0 Å². The molecule has 0 rings (SSSR count). The molecule has 0 spiro atoms. The van der Waals surface area contributed by atoms with Crippen molar-refractivity contribution in [2.75, 3.05) is 39.6 Å². The number of hydrogen-bond donors (Lipinski definition) is 4. The van der Waals surface area contributed by atoms with Gasteiger partial charge in [-0.25, -0.2) is 9.13 Å². The topological polar surface area (TPSA) is 231 Å². The Morgan fingerprint density at radius 2 is 0.459 bits per heavy atom. The predicted molar refractivity (Wildman–Crippen MR) is 454 cm³/mol. The normalized spacial score (nSPS) is 14.8. The summed E-state index contributed by atoms with van der Waals surface area (Å²) in [5, 5.41) is 20.7. The molecule has 0 aliphatic rings. The van der Waals surface area contributed by atoms with Gasteiger partial charge in [0.2, 0.25) is 0 Å². The van der Waals surface area contributed by atoms with Crippen LogP contribution in [0, 0.1) is 0 Å². The number of aliphatic hydroxyl groups excluding tert-OH is 2. The summed E-state index contributed by atoms with van der Waals surface area (Å²) in [4.78, 5) is 58.8. The lowest BCUT2D eigenvalue weighted by atomic mass is 10.0. The molecule has 0 aromatic rings. The number of ether oxygens (including phenoxy) is 3. The minimum atomic E-state index is -4.95. The first kappa shape index (κ1) is 104. The van der Waals surface area contributed by atoms with E-state index >= 15 is 0 Å². The van der Waals surface area contributed by atoms with Crippen molar-refractivity contribution in [2.24, 2.45) is 0 Å². The second-order valence-electron chi connectivity index (χ2n) is 27.5. The average molecular weight is 1560 g/mol. The maximum Gasteiger partial charge on any atom is 0.472 e. The summed E-state index contributed by atoms with van der Waals surface area (Å²) >= 11 is 0. The lowest BCUT2D eigenvalue weighted by Crippen LogP contribution is -2.30. The summed E-state index contributed by atoms with van der Waals surface area (Å²) in [6.45, 7) is 2.31. The summed E-state index contributed by atoms with van der Waals surface area (Å²) < 4.78 is 61.3. The van der Waals surface area contributed by atoms with Crippen LogP contribution in [0.3, 0.4) is 0 Å². The van der Waals surface area contributed by atoms with Crippen LogP contribution in [0.4, 0.5) is 0 Å². The lowest BCUT2D eigenvalue weighted by Gasteiger charge is -2.21. The van der Waals surface area contributed by atoms with Gasteiger partial charge in [-0.1, -0.05) is 325 Å². The molecule has 18 heteroatoms. The summed E-state index contributed by atoms with van der Waals surface area (Å²) in [6, 6.07) is 0. The fraction of sp³-hybridized carbons (Fsp3) is 0.637. The lowest BCUT2D eigenvalue weighted by molar-refractivity contribution is -0.161. The van der Waals surface area contributed by atoms with E-state index in [0.29, 0.717) is 19.3 Å². The second kappa shape index (κ2) is 82.1. The largest absolute Gasteiger partial charge is 0.472 e. The third kappa shape index (κ3) is 83.4. The molecule has 5 unspecified atom stereocenters. The Kier molecular flexibility index (Phi) is 78.1. The molecule has 0 saturated heterocycles. The van der Waals surface area contributed by atoms with Crippen LogP contribution in [0.1, 0.15) is 316 Å². The highest BCUT2D eigenvalue weighted by molar-refractivity contribution is 7.47. The Bertz CT molecular complexity index is 2710. The van der Waals surface area contributed by atoms with E-state index in [0.717, 1.165) is 205 Å². The quantitative estimate of drug-likeness (QED) is 0.0146. The first-order chi connectivity index (χ1) is 53.2. The molecule has 0 amide bonds. The summed E-state index contributed by atoms with van der Waals surface area (Å²) in [5.41, 5.74) is 0. The molecule has 5 atom stereocenters. The first-order valence-electron chi connectivity index (χ1n) is 42.1. The van der Waals surface area contributed by atoms with Crippen LogP contribution in [0.15, 0.2) is 182 Å². The molecule has 0 heterocycles. The highest BCUT2D eigenvalue weighted by atomic mass is 31.2. The number of esters is 3. The number of phosphoric ester groups is 2. The highest BCUT2D eigenvalue weighted by Crippen LogP contribution is 2.45. The van der Waals surface area contributed by atoms with Gasteiger partial charge in [-0.3, -0.25) is 32.5 Å². The maximum absolute atomic E-state index is 13.0. The minimum Gasteiger partial charge on any atom is -0.463 e. The Hall–Kier alpha value is -5.35. The van der Waals surface area contributed by atoms with Crippen LogP contribution >= 0.6 is 15.6 Å². The van der Waals surface area contributed by atoms with E-state index < -0.39 is 91.5 Å². The molecule has 0 aliphatic heterocycles. The standard InChI is InChI=1S/C91H150O16P2/c1-4-7-10-13-16-19-22-25-28-31-34-36-38-39-40-41-42-43-44-45-47-49-51-53-56-59-62-65-68-71-74-77-89(94)101-80-86(92)81-103-108(97,98)104-82-87(93)83-105-109(99,100)106-85-88(107-91(96)79-76-73-70-67-64-61-58-55-50-33-30-27-24-21-18-15-12-9-6-3)84-102-90(95)78-75-72-69-66-63-60-57-54-52-48-46-37-35-32-29-26-23-20-17-14-11-8-5-2/h7-12,16-21,25-30,34-37,39-40,42-43,48,50,52,55,86-88,92-93H,4-6,13-15,22-24,31-33,38,41,44-47,49,51,53-54,56-85H2,1-3H3,(H,97,98)(H,99,100)/b10-7-,11-8-,12-9-,19-16-,20-17-,21-18-,28-25-,29-26-,30-27-,36-34-,37-35-,40-39-,43-42-,52-48-,55-50-. The molecule has 0 saturated carbocycles. The van der Waals surface area contributed by atoms with E-state index in [2.05, 4.69) is 203 Å². The minimum absolute atomic E-state index is 0.0797. The number of carbonyl (C=O) groups excluding carboxylic acids is 3. The molecular weight excluding hydrogens is 1410 g/mol.